The van der Waals surface area contributed by atoms with E-state index >= 15 is 0 Å². The minimum absolute atomic E-state index is 0.00915. The SMILES string of the molecule is C=CCN1CC(=O)N2C(CN(Cc3ccc(C)c(N(C)C)c3)C(=O)[C@@H]2Cc2ccc(O)cc2)N1C=O.CNCc1ccccc1. The van der Waals surface area contributed by atoms with Crippen LogP contribution >= 0.6 is 0 Å². The van der Waals surface area contributed by atoms with E-state index in [0.29, 0.717) is 13.1 Å². The lowest BCUT2D eigenvalue weighted by Gasteiger charge is -2.54. The van der Waals surface area contributed by atoms with Gasteiger partial charge in [-0.15, -0.1) is 6.58 Å². The monoisotopic (exact) mass is 612 g/mol. The molecule has 2 N–H and O–H groups in total. The Bertz CT molecular complexity index is 1460. The first kappa shape index (κ1) is 33.2. The Morgan fingerprint density at radius 2 is 1.69 bits per heavy atom. The Labute approximate surface area is 266 Å². The highest BCUT2D eigenvalue weighted by molar-refractivity contribution is 5.91. The predicted molar refractivity (Wildman–Crippen MR) is 176 cm³/mol. The van der Waals surface area contributed by atoms with Gasteiger partial charge in [0.2, 0.25) is 18.2 Å². The van der Waals surface area contributed by atoms with Crippen LogP contribution in [0.3, 0.4) is 0 Å². The number of amides is 3. The van der Waals surface area contributed by atoms with Gasteiger partial charge in [0.15, 0.2) is 0 Å². The maximum atomic E-state index is 13.8. The third-order valence-electron chi connectivity index (χ3n) is 8.04. The second-order valence-electron chi connectivity index (χ2n) is 11.5. The number of benzene rings is 3. The molecule has 0 bridgehead atoms. The molecule has 1 unspecified atom stereocenters. The van der Waals surface area contributed by atoms with Crippen LogP contribution in [0.15, 0.2) is 85.5 Å². The van der Waals surface area contributed by atoms with Gasteiger partial charge in [-0.1, -0.05) is 60.7 Å². The van der Waals surface area contributed by atoms with Crippen molar-refractivity contribution in [3.05, 3.63) is 108 Å². The molecule has 5 rings (SSSR count). The van der Waals surface area contributed by atoms with E-state index in [1.54, 1.807) is 45.2 Å². The van der Waals surface area contributed by atoms with Crippen LogP contribution in [-0.4, -0.2) is 96.1 Å². The van der Waals surface area contributed by atoms with Crippen molar-refractivity contribution in [1.29, 1.82) is 0 Å². The lowest BCUT2D eigenvalue weighted by Crippen LogP contribution is -2.74. The number of phenols is 1. The smallest absolute Gasteiger partial charge is 0.246 e. The molecule has 45 heavy (non-hydrogen) atoms. The van der Waals surface area contributed by atoms with Gasteiger partial charge in [-0.3, -0.25) is 19.4 Å². The summed E-state index contributed by atoms with van der Waals surface area (Å²) in [6.07, 6.45) is 2.02. The van der Waals surface area contributed by atoms with Crippen LogP contribution < -0.4 is 10.2 Å². The molecular formula is C35H44N6O4. The molecular weight excluding hydrogens is 568 g/mol. The molecule has 2 fully saturated rings. The number of fused-ring (bicyclic) bond motifs is 1. The number of rotatable bonds is 10. The first-order chi connectivity index (χ1) is 21.7. The highest BCUT2D eigenvalue weighted by Crippen LogP contribution is 2.29. The third-order valence-corrected chi connectivity index (χ3v) is 8.04. The van der Waals surface area contributed by atoms with Gasteiger partial charge in [-0.25, -0.2) is 5.01 Å². The fraction of sp³-hybridized carbons (Fsp3) is 0.343. The molecule has 238 valence electrons. The van der Waals surface area contributed by atoms with Gasteiger partial charge < -0.3 is 25.1 Å². The number of nitrogens with one attached hydrogen (secondary N) is 1. The predicted octanol–water partition coefficient (Wildman–Crippen LogP) is 3.16. The molecule has 2 atom stereocenters. The van der Waals surface area contributed by atoms with E-state index in [9.17, 15) is 19.5 Å². The average molecular weight is 613 g/mol. The minimum Gasteiger partial charge on any atom is -0.508 e. The van der Waals surface area contributed by atoms with Gasteiger partial charge in [0.25, 0.3) is 0 Å². The van der Waals surface area contributed by atoms with Crippen molar-refractivity contribution >= 4 is 23.9 Å². The first-order valence-electron chi connectivity index (χ1n) is 15.1. The Morgan fingerprint density at radius 1 is 1.00 bits per heavy atom. The molecule has 0 spiro atoms. The average Bonchev–Trinajstić information content (AvgIpc) is 3.02. The fourth-order valence-electron chi connectivity index (χ4n) is 5.86. The fourth-order valence-corrected chi connectivity index (χ4v) is 5.86. The Balaban J connectivity index is 0.000000440. The summed E-state index contributed by atoms with van der Waals surface area (Å²) >= 11 is 0. The van der Waals surface area contributed by atoms with Gasteiger partial charge in [0.1, 0.15) is 18.0 Å². The highest BCUT2D eigenvalue weighted by Gasteiger charge is 2.49. The standard InChI is InChI=1S/C27H33N5O4.C8H11N/c1-5-12-30-17-26(35)32-24(13-20-8-10-22(34)11-9-20)27(36)29(16-25(32)31(30)18-33)15-21-7-6-19(2)23(14-21)28(3)4;1-9-7-8-5-3-2-4-6-8/h5-11,14,18,24-25,34H,1,12-13,15-17H2,2-4H3;2-6,9H,7H2,1H3/t24-,25?;/m0./s1. The van der Waals surface area contributed by atoms with E-state index in [0.717, 1.165) is 35.3 Å². The zero-order chi connectivity index (χ0) is 32.5. The summed E-state index contributed by atoms with van der Waals surface area (Å²) < 4.78 is 0. The number of carbonyl (C=O) groups excluding carboxylic acids is 3. The number of hydrogen-bond acceptors (Lipinski definition) is 7. The summed E-state index contributed by atoms with van der Waals surface area (Å²) in [6.45, 7) is 7.64. The van der Waals surface area contributed by atoms with Crippen molar-refractivity contribution < 1.29 is 19.5 Å². The molecule has 2 aliphatic rings. The summed E-state index contributed by atoms with van der Waals surface area (Å²) in [5, 5.41) is 15.9. The van der Waals surface area contributed by atoms with Crippen LogP contribution in [0, 0.1) is 6.92 Å². The number of nitrogens with zero attached hydrogens (tertiary/aromatic N) is 5. The first-order valence-corrected chi connectivity index (χ1v) is 15.1. The maximum Gasteiger partial charge on any atom is 0.246 e. The number of hydrazine groups is 1. The van der Waals surface area contributed by atoms with Crippen molar-refractivity contribution in [2.75, 3.05) is 45.7 Å². The van der Waals surface area contributed by atoms with Crippen LogP contribution in [0.1, 0.15) is 22.3 Å². The molecule has 2 saturated heterocycles. The highest BCUT2D eigenvalue weighted by atomic mass is 16.3. The van der Waals surface area contributed by atoms with Crippen LogP contribution in [0.4, 0.5) is 5.69 Å². The van der Waals surface area contributed by atoms with Crippen molar-refractivity contribution in [1.82, 2.24) is 25.1 Å². The number of carbonyl (C=O) groups is 3. The Morgan fingerprint density at radius 3 is 2.31 bits per heavy atom. The molecule has 2 aliphatic heterocycles. The molecule has 10 nitrogen and oxygen atoms in total. The summed E-state index contributed by atoms with van der Waals surface area (Å²) in [5.74, 6) is -0.241. The van der Waals surface area contributed by atoms with Gasteiger partial charge in [-0.05, 0) is 54.4 Å². The number of hydrogen-bond donors (Lipinski definition) is 2. The molecule has 0 radical (unpaired) electrons. The van der Waals surface area contributed by atoms with Crippen LogP contribution in [0.2, 0.25) is 0 Å². The molecule has 2 heterocycles. The summed E-state index contributed by atoms with van der Waals surface area (Å²) in [6, 6.07) is 22.3. The zero-order valence-corrected chi connectivity index (χ0v) is 26.6. The molecule has 0 aliphatic carbocycles. The lowest BCUT2D eigenvalue weighted by atomic mass is 9.98. The molecule has 0 aromatic heterocycles. The van der Waals surface area contributed by atoms with Gasteiger partial charge in [0.05, 0.1) is 13.1 Å². The van der Waals surface area contributed by atoms with E-state index in [-0.39, 0.29) is 37.1 Å². The molecule has 3 aromatic rings. The number of aromatic hydroxyl groups is 1. The van der Waals surface area contributed by atoms with Crippen molar-refractivity contribution in [2.24, 2.45) is 0 Å². The van der Waals surface area contributed by atoms with E-state index < -0.39 is 12.2 Å². The second-order valence-corrected chi connectivity index (χ2v) is 11.5. The quantitative estimate of drug-likeness (QED) is 0.268. The van der Waals surface area contributed by atoms with Gasteiger partial charge in [-0.2, -0.15) is 0 Å². The normalized spacial score (nSPS) is 18.2. The number of piperazine rings is 1. The largest absolute Gasteiger partial charge is 0.508 e. The summed E-state index contributed by atoms with van der Waals surface area (Å²) in [5.41, 5.74) is 5.32. The van der Waals surface area contributed by atoms with Crippen LogP contribution in [-0.2, 0) is 33.9 Å². The molecule has 3 aromatic carbocycles. The van der Waals surface area contributed by atoms with E-state index in [4.69, 9.17) is 0 Å². The van der Waals surface area contributed by atoms with Crippen molar-refractivity contribution in [3.8, 4) is 5.75 Å². The zero-order valence-electron chi connectivity index (χ0n) is 26.6. The number of anilines is 1. The van der Waals surface area contributed by atoms with Crippen molar-refractivity contribution in [3.63, 3.8) is 0 Å². The topological polar surface area (TPSA) is 99.7 Å². The minimum atomic E-state index is -0.770. The van der Waals surface area contributed by atoms with E-state index in [1.165, 1.54) is 10.6 Å². The van der Waals surface area contributed by atoms with E-state index in [1.807, 2.05) is 63.3 Å². The van der Waals surface area contributed by atoms with Gasteiger partial charge in [0, 0.05) is 45.8 Å². The lowest BCUT2D eigenvalue weighted by molar-refractivity contribution is -0.199. The Hall–Kier alpha value is -4.67. The van der Waals surface area contributed by atoms with Crippen LogP contribution in [0.5, 0.6) is 5.75 Å². The number of phenolic OH excluding ortho intramolecular Hbond substituents is 1. The van der Waals surface area contributed by atoms with Crippen molar-refractivity contribution in [2.45, 2.75) is 38.6 Å². The Kier molecular flexibility index (Phi) is 11.3. The third kappa shape index (κ3) is 8.09. The summed E-state index contributed by atoms with van der Waals surface area (Å²) in [4.78, 5) is 44.6. The maximum absolute atomic E-state index is 13.8. The number of aryl methyl sites for hydroxylation is 1. The molecule has 10 heteroatoms. The van der Waals surface area contributed by atoms with Crippen LogP contribution in [0.25, 0.3) is 0 Å². The van der Waals surface area contributed by atoms with E-state index in [2.05, 4.69) is 30.1 Å². The molecule has 0 saturated carbocycles. The molecule has 3 amide bonds. The van der Waals surface area contributed by atoms with Gasteiger partial charge >= 0.3 is 0 Å². The second kappa shape index (κ2) is 15.4. The summed E-state index contributed by atoms with van der Waals surface area (Å²) in [7, 11) is 5.91.